The zero-order chi connectivity index (χ0) is 12.8. The average molecular weight is 259 g/mol. The van der Waals surface area contributed by atoms with Crippen LogP contribution in [0, 0.1) is 11.8 Å². The first-order valence-corrected chi connectivity index (χ1v) is 6.45. The standard InChI is InChI=1S/C13H13N3OS/c1-3-5-10-18-13-15-14-12(16(13)8-4-2)11-7-6-9-17-11/h4,6-7,9H,2,8,10H2,1H3. The van der Waals surface area contributed by atoms with Crippen molar-refractivity contribution in [3.05, 3.63) is 31.1 Å². The SMILES string of the molecule is C=CCn1c(SCC#CC)nnc1-c1ccco1. The van der Waals surface area contributed by atoms with Gasteiger partial charge in [0.1, 0.15) is 0 Å². The highest BCUT2D eigenvalue weighted by Crippen LogP contribution is 2.23. The van der Waals surface area contributed by atoms with Crippen molar-refractivity contribution in [2.24, 2.45) is 0 Å². The molecule has 0 saturated heterocycles. The molecule has 4 nitrogen and oxygen atoms in total. The molecule has 0 spiro atoms. The van der Waals surface area contributed by atoms with Crippen LogP contribution in [0.25, 0.3) is 11.6 Å². The van der Waals surface area contributed by atoms with Gasteiger partial charge in [0.25, 0.3) is 0 Å². The molecule has 2 heterocycles. The topological polar surface area (TPSA) is 43.9 Å². The van der Waals surface area contributed by atoms with Crippen LogP contribution in [0.5, 0.6) is 0 Å². The van der Waals surface area contributed by atoms with E-state index in [2.05, 4.69) is 28.6 Å². The summed E-state index contributed by atoms with van der Waals surface area (Å²) in [6, 6.07) is 3.70. The number of thioether (sulfide) groups is 1. The molecule has 0 radical (unpaired) electrons. The minimum atomic E-state index is 0.644. The maximum absolute atomic E-state index is 5.35. The van der Waals surface area contributed by atoms with Crippen LogP contribution in [0.4, 0.5) is 0 Å². The predicted octanol–water partition coefficient (Wildman–Crippen LogP) is 2.84. The van der Waals surface area contributed by atoms with Gasteiger partial charge in [-0.25, -0.2) is 0 Å². The minimum Gasteiger partial charge on any atom is -0.461 e. The van der Waals surface area contributed by atoms with E-state index in [1.54, 1.807) is 18.0 Å². The van der Waals surface area contributed by atoms with Crippen LogP contribution in [-0.2, 0) is 6.54 Å². The summed E-state index contributed by atoms with van der Waals surface area (Å²) in [5.74, 6) is 7.97. The van der Waals surface area contributed by atoms with Crippen LogP contribution in [0.2, 0.25) is 0 Å². The molecule has 0 fully saturated rings. The third-order valence-corrected chi connectivity index (χ3v) is 3.07. The normalized spacial score (nSPS) is 9.83. The third-order valence-electron chi connectivity index (χ3n) is 2.22. The number of furan rings is 1. The van der Waals surface area contributed by atoms with Crippen molar-refractivity contribution in [1.29, 1.82) is 0 Å². The van der Waals surface area contributed by atoms with Gasteiger partial charge in [-0.05, 0) is 19.1 Å². The van der Waals surface area contributed by atoms with Crippen molar-refractivity contribution in [2.75, 3.05) is 5.75 Å². The van der Waals surface area contributed by atoms with Crippen molar-refractivity contribution in [3.63, 3.8) is 0 Å². The van der Waals surface area contributed by atoms with Gasteiger partial charge in [0.2, 0.25) is 5.82 Å². The summed E-state index contributed by atoms with van der Waals surface area (Å²) in [6.07, 6.45) is 3.43. The molecule has 0 aliphatic rings. The van der Waals surface area contributed by atoms with Gasteiger partial charge in [0, 0.05) is 6.54 Å². The molecule has 0 atom stereocenters. The van der Waals surface area contributed by atoms with Crippen molar-refractivity contribution in [1.82, 2.24) is 14.8 Å². The average Bonchev–Trinajstić information content (AvgIpc) is 3.00. The van der Waals surface area contributed by atoms with E-state index in [0.717, 1.165) is 5.16 Å². The lowest BCUT2D eigenvalue weighted by molar-refractivity contribution is 0.570. The Kier molecular flexibility index (Phi) is 4.26. The Hall–Kier alpha value is -1.93. The first-order chi connectivity index (χ1) is 8.86. The van der Waals surface area contributed by atoms with E-state index < -0.39 is 0 Å². The Morgan fingerprint density at radius 1 is 1.56 bits per heavy atom. The van der Waals surface area contributed by atoms with E-state index in [1.807, 2.05) is 29.7 Å². The number of hydrogen-bond acceptors (Lipinski definition) is 4. The van der Waals surface area contributed by atoms with Crippen LogP contribution in [0.15, 0.2) is 40.6 Å². The molecule has 2 aromatic heterocycles. The summed E-state index contributed by atoms with van der Waals surface area (Å²) in [5, 5.41) is 9.14. The van der Waals surface area contributed by atoms with Crippen LogP contribution in [-0.4, -0.2) is 20.5 Å². The molecule has 18 heavy (non-hydrogen) atoms. The summed E-state index contributed by atoms with van der Waals surface area (Å²) in [5.41, 5.74) is 0. The molecular weight excluding hydrogens is 246 g/mol. The Morgan fingerprint density at radius 3 is 3.11 bits per heavy atom. The zero-order valence-electron chi connectivity index (χ0n) is 10.1. The highest BCUT2D eigenvalue weighted by atomic mass is 32.2. The lowest BCUT2D eigenvalue weighted by Crippen LogP contribution is -2.00. The molecule has 2 aromatic rings. The predicted molar refractivity (Wildman–Crippen MR) is 72.1 cm³/mol. The third kappa shape index (κ3) is 2.66. The Balaban J connectivity index is 2.29. The monoisotopic (exact) mass is 259 g/mol. The maximum atomic E-state index is 5.35. The van der Waals surface area contributed by atoms with Crippen LogP contribution in [0.1, 0.15) is 6.92 Å². The highest BCUT2D eigenvalue weighted by molar-refractivity contribution is 7.99. The second-order valence-corrected chi connectivity index (χ2v) is 4.34. The van der Waals surface area contributed by atoms with E-state index >= 15 is 0 Å². The summed E-state index contributed by atoms with van der Waals surface area (Å²) in [6.45, 7) is 6.22. The first-order valence-electron chi connectivity index (χ1n) is 5.47. The maximum Gasteiger partial charge on any atom is 0.200 e. The summed E-state index contributed by atoms with van der Waals surface area (Å²) in [7, 11) is 0. The lowest BCUT2D eigenvalue weighted by Gasteiger charge is -2.04. The van der Waals surface area contributed by atoms with Crippen LogP contribution in [0.3, 0.4) is 0 Å². The fourth-order valence-corrected chi connectivity index (χ4v) is 2.21. The Bertz CT molecular complexity index is 575. The van der Waals surface area contributed by atoms with Gasteiger partial charge < -0.3 is 4.42 Å². The number of hydrogen-bond donors (Lipinski definition) is 0. The van der Waals surface area contributed by atoms with Gasteiger partial charge in [0.05, 0.1) is 12.0 Å². The van der Waals surface area contributed by atoms with E-state index in [0.29, 0.717) is 23.9 Å². The van der Waals surface area contributed by atoms with Crippen LogP contribution < -0.4 is 0 Å². The first kappa shape index (κ1) is 12.5. The molecule has 0 amide bonds. The highest BCUT2D eigenvalue weighted by Gasteiger charge is 2.14. The minimum absolute atomic E-state index is 0.644. The molecule has 0 N–H and O–H groups in total. The number of nitrogens with zero attached hydrogens (tertiary/aromatic N) is 3. The summed E-state index contributed by atoms with van der Waals surface area (Å²) >= 11 is 1.56. The van der Waals surface area contributed by atoms with Crippen LogP contribution >= 0.6 is 11.8 Å². The van der Waals surface area contributed by atoms with Gasteiger partial charge in [-0.3, -0.25) is 4.57 Å². The van der Waals surface area contributed by atoms with E-state index in [1.165, 1.54) is 0 Å². The molecule has 0 aliphatic carbocycles. The number of aromatic nitrogens is 3. The van der Waals surface area contributed by atoms with Crippen molar-refractivity contribution >= 4 is 11.8 Å². The lowest BCUT2D eigenvalue weighted by atomic mass is 10.4. The Labute approximate surface area is 110 Å². The van der Waals surface area contributed by atoms with Crippen molar-refractivity contribution < 1.29 is 4.42 Å². The van der Waals surface area contributed by atoms with Crippen molar-refractivity contribution in [3.8, 4) is 23.4 Å². The molecule has 0 aliphatic heterocycles. The van der Waals surface area contributed by atoms with Gasteiger partial charge in [-0.2, -0.15) is 0 Å². The zero-order valence-corrected chi connectivity index (χ0v) is 10.9. The smallest absolute Gasteiger partial charge is 0.200 e. The molecule has 2 rings (SSSR count). The largest absolute Gasteiger partial charge is 0.461 e. The second-order valence-electron chi connectivity index (χ2n) is 3.40. The van der Waals surface area contributed by atoms with E-state index in [-0.39, 0.29) is 0 Å². The Morgan fingerprint density at radius 2 is 2.44 bits per heavy atom. The van der Waals surface area contributed by atoms with Gasteiger partial charge in [-0.15, -0.1) is 22.7 Å². The van der Waals surface area contributed by atoms with E-state index in [9.17, 15) is 0 Å². The van der Waals surface area contributed by atoms with Gasteiger partial charge in [0.15, 0.2) is 10.9 Å². The molecular formula is C13H13N3OS. The molecule has 92 valence electrons. The molecule has 0 bridgehead atoms. The number of rotatable bonds is 5. The molecule has 5 heteroatoms. The fourth-order valence-electron chi connectivity index (χ4n) is 1.45. The molecule has 0 unspecified atom stereocenters. The quantitative estimate of drug-likeness (QED) is 0.470. The second kappa shape index (κ2) is 6.12. The number of allylic oxidation sites excluding steroid dienone is 1. The summed E-state index contributed by atoms with van der Waals surface area (Å²) < 4.78 is 7.32. The fraction of sp³-hybridized carbons (Fsp3) is 0.231. The van der Waals surface area contributed by atoms with Crippen molar-refractivity contribution in [2.45, 2.75) is 18.6 Å². The van der Waals surface area contributed by atoms with E-state index in [4.69, 9.17) is 4.42 Å². The van der Waals surface area contributed by atoms with Gasteiger partial charge >= 0.3 is 0 Å². The summed E-state index contributed by atoms with van der Waals surface area (Å²) in [4.78, 5) is 0. The molecule has 0 aromatic carbocycles. The molecule has 0 saturated carbocycles. The van der Waals surface area contributed by atoms with Gasteiger partial charge in [-0.1, -0.05) is 23.8 Å².